The van der Waals surface area contributed by atoms with Crippen LogP contribution >= 0.6 is 11.6 Å². The number of aromatic nitrogens is 1. The highest BCUT2D eigenvalue weighted by molar-refractivity contribution is 6.33. The van der Waals surface area contributed by atoms with Gasteiger partial charge in [-0.25, -0.2) is 0 Å². The van der Waals surface area contributed by atoms with Crippen molar-refractivity contribution in [1.82, 2.24) is 20.9 Å². The van der Waals surface area contributed by atoms with Crippen molar-refractivity contribution in [1.29, 1.82) is 0 Å². The molecular weight excluding hydrogens is 486 g/mol. The maximum absolute atomic E-state index is 13.3. The number of hydrogen-bond acceptors (Lipinski definition) is 5. The summed E-state index contributed by atoms with van der Waals surface area (Å²) >= 11 is 6.19. The van der Waals surface area contributed by atoms with Crippen molar-refractivity contribution in [2.24, 2.45) is 17.1 Å². The van der Waals surface area contributed by atoms with Gasteiger partial charge in [-0.3, -0.25) is 19.2 Å². The van der Waals surface area contributed by atoms with Crippen LogP contribution in [0.4, 0.5) is 0 Å². The smallest absolute Gasteiger partial charge is 0.268 e. The van der Waals surface area contributed by atoms with Crippen molar-refractivity contribution in [2.45, 2.75) is 58.5 Å². The fourth-order valence-electron chi connectivity index (χ4n) is 4.40. The number of piperidine rings is 1. The van der Waals surface area contributed by atoms with Gasteiger partial charge in [0, 0.05) is 23.4 Å². The zero-order valence-corrected chi connectivity index (χ0v) is 21.8. The van der Waals surface area contributed by atoms with E-state index in [0.29, 0.717) is 41.1 Å². The molecule has 6 N–H and O–H groups in total. The molecule has 196 valence electrons. The Balaban J connectivity index is 1.79. The molecule has 1 aromatic carbocycles. The third kappa shape index (κ3) is 6.69. The summed E-state index contributed by atoms with van der Waals surface area (Å²) in [6, 6.07) is 3.01. The van der Waals surface area contributed by atoms with E-state index in [1.54, 1.807) is 18.2 Å². The fraction of sp³-hybridized carbons (Fsp3) is 0.520. The van der Waals surface area contributed by atoms with E-state index in [4.69, 9.17) is 22.1 Å². The monoisotopic (exact) mass is 519 g/mol. The minimum Gasteiger partial charge on any atom is -0.494 e. The molecule has 1 aliphatic rings. The topological polar surface area (TPSA) is 155 Å². The molecule has 3 atom stereocenters. The largest absolute Gasteiger partial charge is 0.494 e. The number of nitrogens with one attached hydrogen (secondary N) is 4. The van der Waals surface area contributed by atoms with E-state index in [2.05, 4.69) is 20.9 Å². The minimum atomic E-state index is -1.04. The Labute approximate surface area is 215 Å². The van der Waals surface area contributed by atoms with Crippen molar-refractivity contribution >= 4 is 46.1 Å². The van der Waals surface area contributed by atoms with Crippen LogP contribution in [0.2, 0.25) is 5.02 Å². The first-order valence-electron chi connectivity index (χ1n) is 11.9. The van der Waals surface area contributed by atoms with Crippen molar-refractivity contribution in [3.63, 3.8) is 0 Å². The Kier molecular flexibility index (Phi) is 8.50. The summed E-state index contributed by atoms with van der Waals surface area (Å²) in [6.45, 7) is 6.40. The number of halogens is 1. The summed E-state index contributed by atoms with van der Waals surface area (Å²) in [5, 5.41) is 9.24. The highest BCUT2D eigenvalue weighted by atomic mass is 35.5. The highest BCUT2D eigenvalue weighted by Gasteiger charge is 2.33. The van der Waals surface area contributed by atoms with Crippen molar-refractivity contribution in [3.8, 4) is 5.75 Å². The molecule has 1 aliphatic heterocycles. The molecule has 0 unspecified atom stereocenters. The number of rotatable bonds is 9. The number of benzene rings is 1. The molecule has 3 rings (SSSR count). The van der Waals surface area contributed by atoms with E-state index >= 15 is 0 Å². The molecule has 0 saturated carbocycles. The predicted octanol–water partition coefficient (Wildman–Crippen LogP) is 2.25. The second kappa shape index (κ2) is 11.2. The standard InChI is InChI=1S/C25H34ClN5O5/c1-25(2,3)12-19(24(35)30-17(21(27)32)10-13-6-5-9-28-22(13)33)31-23(34)18-11-14-16(29-18)8-7-15(26)20(14)36-4/h7-8,11,13,17,19,29H,5-6,9-10,12H2,1-4H3,(H2,27,32)(H,28,33)(H,30,35)(H,31,34)/t13-,17-,19-/m0/s1. The van der Waals surface area contributed by atoms with E-state index in [1.165, 1.54) is 7.11 Å². The van der Waals surface area contributed by atoms with Crippen LogP contribution in [-0.4, -0.2) is 54.4 Å². The number of carbonyl (C=O) groups is 4. The quantitative estimate of drug-likeness (QED) is 0.343. The van der Waals surface area contributed by atoms with Crippen LogP contribution in [0.25, 0.3) is 10.9 Å². The molecule has 0 bridgehead atoms. The average Bonchev–Trinajstić information content (AvgIpc) is 3.23. The van der Waals surface area contributed by atoms with Gasteiger partial charge < -0.3 is 31.4 Å². The number of primary amides is 1. The van der Waals surface area contributed by atoms with Crippen LogP contribution in [-0.2, 0) is 14.4 Å². The van der Waals surface area contributed by atoms with Gasteiger partial charge in [0.15, 0.2) is 0 Å². The lowest BCUT2D eigenvalue weighted by atomic mass is 9.87. The van der Waals surface area contributed by atoms with E-state index in [1.807, 2.05) is 20.8 Å². The number of carbonyl (C=O) groups excluding carboxylic acids is 4. The molecule has 36 heavy (non-hydrogen) atoms. The van der Waals surface area contributed by atoms with E-state index in [-0.39, 0.29) is 23.4 Å². The number of ether oxygens (including phenoxy) is 1. The predicted molar refractivity (Wildman–Crippen MR) is 137 cm³/mol. The van der Waals surface area contributed by atoms with Crippen molar-refractivity contribution in [2.75, 3.05) is 13.7 Å². The number of methoxy groups -OCH3 is 1. The van der Waals surface area contributed by atoms with Gasteiger partial charge in [-0.15, -0.1) is 0 Å². The van der Waals surface area contributed by atoms with Crippen LogP contribution in [0, 0.1) is 11.3 Å². The number of amides is 4. The lowest BCUT2D eigenvalue weighted by molar-refractivity contribution is -0.131. The first kappa shape index (κ1) is 27.3. The lowest BCUT2D eigenvalue weighted by Crippen LogP contribution is -2.55. The third-order valence-corrected chi connectivity index (χ3v) is 6.47. The molecule has 0 spiro atoms. The molecule has 4 amide bonds. The van der Waals surface area contributed by atoms with Gasteiger partial charge in [0.05, 0.1) is 12.1 Å². The normalized spacial score (nSPS) is 17.7. The summed E-state index contributed by atoms with van der Waals surface area (Å²) in [5.74, 6) is -1.92. The zero-order chi connectivity index (χ0) is 26.6. The Morgan fingerprint density at radius 3 is 2.56 bits per heavy atom. The van der Waals surface area contributed by atoms with E-state index in [0.717, 1.165) is 6.42 Å². The molecule has 2 aromatic rings. The van der Waals surface area contributed by atoms with Crippen LogP contribution in [0.15, 0.2) is 18.2 Å². The van der Waals surface area contributed by atoms with Gasteiger partial charge in [-0.2, -0.15) is 0 Å². The lowest BCUT2D eigenvalue weighted by Gasteiger charge is -2.29. The number of hydrogen-bond donors (Lipinski definition) is 5. The maximum Gasteiger partial charge on any atom is 0.268 e. The van der Waals surface area contributed by atoms with Crippen LogP contribution in [0.1, 0.15) is 56.9 Å². The second-order valence-electron chi connectivity index (χ2n) is 10.3. The number of fused-ring (bicyclic) bond motifs is 1. The summed E-state index contributed by atoms with van der Waals surface area (Å²) in [6.07, 6.45) is 1.81. The zero-order valence-electron chi connectivity index (χ0n) is 21.0. The van der Waals surface area contributed by atoms with Gasteiger partial charge in [0.1, 0.15) is 23.5 Å². The Morgan fingerprint density at radius 1 is 1.22 bits per heavy atom. The summed E-state index contributed by atoms with van der Waals surface area (Å²) in [7, 11) is 1.49. The summed E-state index contributed by atoms with van der Waals surface area (Å²) < 4.78 is 5.35. The molecule has 1 fully saturated rings. The molecule has 0 radical (unpaired) electrons. The number of nitrogens with two attached hydrogens (primary N) is 1. The fourth-order valence-corrected chi connectivity index (χ4v) is 4.64. The van der Waals surface area contributed by atoms with Crippen molar-refractivity contribution in [3.05, 3.63) is 28.9 Å². The first-order chi connectivity index (χ1) is 16.9. The van der Waals surface area contributed by atoms with E-state index in [9.17, 15) is 19.2 Å². The first-order valence-corrected chi connectivity index (χ1v) is 12.3. The molecule has 10 nitrogen and oxygen atoms in total. The van der Waals surface area contributed by atoms with E-state index < -0.39 is 35.7 Å². The molecule has 1 aromatic heterocycles. The Hall–Kier alpha value is -3.27. The van der Waals surface area contributed by atoms with Crippen LogP contribution in [0.3, 0.4) is 0 Å². The average molecular weight is 520 g/mol. The van der Waals surface area contributed by atoms with Gasteiger partial charge >= 0.3 is 0 Å². The molecular formula is C25H34ClN5O5. The van der Waals surface area contributed by atoms with Gasteiger partial charge in [0.2, 0.25) is 17.7 Å². The maximum atomic E-state index is 13.3. The number of H-pyrrole nitrogens is 1. The van der Waals surface area contributed by atoms with Crippen LogP contribution in [0.5, 0.6) is 5.75 Å². The highest BCUT2D eigenvalue weighted by Crippen LogP contribution is 2.33. The van der Waals surface area contributed by atoms with Gasteiger partial charge in [0.25, 0.3) is 5.91 Å². The van der Waals surface area contributed by atoms with Crippen LogP contribution < -0.4 is 26.4 Å². The molecule has 0 aliphatic carbocycles. The third-order valence-electron chi connectivity index (χ3n) is 6.17. The molecule has 2 heterocycles. The minimum absolute atomic E-state index is 0.103. The summed E-state index contributed by atoms with van der Waals surface area (Å²) in [4.78, 5) is 53.7. The van der Waals surface area contributed by atoms with Gasteiger partial charge in [-0.05, 0) is 49.3 Å². The van der Waals surface area contributed by atoms with Crippen molar-refractivity contribution < 1.29 is 23.9 Å². The second-order valence-corrected chi connectivity index (χ2v) is 10.8. The van der Waals surface area contributed by atoms with Gasteiger partial charge in [-0.1, -0.05) is 32.4 Å². The Morgan fingerprint density at radius 2 is 1.94 bits per heavy atom. The molecule has 1 saturated heterocycles. The Bertz CT molecular complexity index is 1160. The number of aromatic amines is 1. The molecule has 11 heteroatoms. The summed E-state index contributed by atoms with van der Waals surface area (Å²) in [5.41, 5.74) is 6.10. The SMILES string of the molecule is COc1c(Cl)ccc2[nH]c(C(=O)N[C@@H](CC(C)(C)C)C(=O)N[C@@H](C[C@@H]3CCCNC3=O)C(N)=O)cc12.